The van der Waals surface area contributed by atoms with Crippen LogP contribution >= 0.6 is 0 Å². The van der Waals surface area contributed by atoms with Gasteiger partial charge in [0.05, 0.1) is 16.7 Å². The Kier molecular flexibility index (Phi) is 5.11. The third kappa shape index (κ3) is 3.60. The molecule has 0 spiro atoms. The van der Waals surface area contributed by atoms with E-state index >= 15 is 0 Å². The summed E-state index contributed by atoms with van der Waals surface area (Å²) in [6, 6.07) is 48.3. The van der Waals surface area contributed by atoms with E-state index in [1.54, 1.807) is 0 Å². The molecule has 0 saturated heterocycles. The van der Waals surface area contributed by atoms with E-state index < -0.39 is 0 Å². The van der Waals surface area contributed by atoms with Gasteiger partial charge < -0.3 is 4.57 Å². The van der Waals surface area contributed by atoms with Gasteiger partial charge in [0.1, 0.15) is 5.52 Å². The van der Waals surface area contributed by atoms with Crippen LogP contribution in [0.15, 0.2) is 140 Å². The molecular formula is C34H23N3. The second kappa shape index (κ2) is 8.89. The van der Waals surface area contributed by atoms with Crippen molar-refractivity contribution in [3.8, 4) is 39.5 Å². The van der Waals surface area contributed by atoms with E-state index in [0.29, 0.717) is 0 Å². The van der Waals surface area contributed by atoms with E-state index in [9.17, 15) is 0 Å². The molecule has 0 aliphatic heterocycles. The Morgan fingerprint density at radius 1 is 0.459 bits per heavy atom. The maximum Gasteiger partial charge on any atom is 0.160 e. The van der Waals surface area contributed by atoms with Crippen LogP contribution in [0.5, 0.6) is 0 Å². The summed E-state index contributed by atoms with van der Waals surface area (Å²) in [6.07, 6.45) is 0. The average molecular weight is 474 g/mol. The van der Waals surface area contributed by atoms with Gasteiger partial charge in [0.15, 0.2) is 5.82 Å². The Morgan fingerprint density at radius 3 is 1.76 bits per heavy atom. The predicted octanol–water partition coefficient (Wildman–Crippen LogP) is 8.57. The molecule has 0 atom stereocenters. The number of hydrogen-bond donors (Lipinski definition) is 0. The predicted molar refractivity (Wildman–Crippen MR) is 153 cm³/mol. The van der Waals surface area contributed by atoms with Crippen molar-refractivity contribution in [1.82, 2.24) is 14.5 Å². The monoisotopic (exact) mass is 473 g/mol. The van der Waals surface area contributed by atoms with Crippen molar-refractivity contribution in [3.05, 3.63) is 140 Å². The van der Waals surface area contributed by atoms with Crippen LogP contribution in [-0.4, -0.2) is 14.5 Å². The largest absolute Gasteiger partial charge is 0.306 e. The molecule has 0 amide bonds. The molecule has 174 valence electrons. The fraction of sp³-hybridized carbons (Fsp3) is 0. The number of para-hydroxylation sites is 2. The van der Waals surface area contributed by atoms with Crippen molar-refractivity contribution in [2.45, 2.75) is 0 Å². The Balaban J connectivity index is 1.66. The zero-order chi connectivity index (χ0) is 24.6. The Hall–Kier alpha value is -5.02. The zero-order valence-electron chi connectivity index (χ0n) is 20.1. The average Bonchev–Trinajstić information content (AvgIpc) is 3.32. The molecule has 7 aromatic rings. The summed E-state index contributed by atoms with van der Waals surface area (Å²) in [4.78, 5) is 10.5. The lowest BCUT2D eigenvalue weighted by Crippen LogP contribution is -2.00. The highest BCUT2D eigenvalue weighted by molar-refractivity contribution is 6.12. The lowest BCUT2D eigenvalue weighted by atomic mass is 9.96. The quantitative estimate of drug-likeness (QED) is 0.256. The van der Waals surface area contributed by atoms with Crippen LogP contribution in [0.3, 0.4) is 0 Å². The molecule has 2 aromatic heterocycles. The molecule has 0 aliphatic carbocycles. The first-order chi connectivity index (χ1) is 18.4. The smallest absolute Gasteiger partial charge is 0.160 e. The summed E-state index contributed by atoms with van der Waals surface area (Å²) in [5, 5.41) is 1.11. The number of benzene rings is 5. The lowest BCUT2D eigenvalue weighted by Gasteiger charge is -2.15. The molecule has 0 unspecified atom stereocenters. The highest BCUT2D eigenvalue weighted by Crippen LogP contribution is 2.40. The highest BCUT2D eigenvalue weighted by Gasteiger charge is 2.22. The molecule has 0 aliphatic rings. The second-order valence-corrected chi connectivity index (χ2v) is 9.06. The van der Waals surface area contributed by atoms with Gasteiger partial charge in [0.2, 0.25) is 0 Å². The fourth-order valence-corrected chi connectivity index (χ4v) is 5.15. The number of aromatic nitrogens is 3. The van der Waals surface area contributed by atoms with Gasteiger partial charge >= 0.3 is 0 Å². The van der Waals surface area contributed by atoms with Gasteiger partial charge in [-0.2, -0.15) is 0 Å². The van der Waals surface area contributed by atoms with Crippen LogP contribution in [0, 0.1) is 0 Å². The minimum Gasteiger partial charge on any atom is -0.306 e. The van der Waals surface area contributed by atoms with Gasteiger partial charge in [-0.05, 0) is 29.3 Å². The topological polar surface area (TPSA) is 30.7 Å². The van der Waals surface area contributed by atoms with Gasteiger partial charge in [-0.25, -0.2) is 9.97 Å². The maximum atomic E-state index is 5.28. The Labute approximate surface area is 215 Å². The summed E-state index contributed by atoms with van der Waals surface area (Å²) < 4.78 is 2.30. The highest BCUT2D eigenvalue weighted by atomic mass is 15.0. The lowest BCUT2D eigenvalue weighted by molar-refractivity contribution is 1.15. The number of nitrogens with zero attached hydrogens (tertiary/aromatic N) is 3. The van der Waals surface area contributed by atoms with Crippen molar-refractivity contribution in [2.75, 3.05) is 0 Å². The molecule has 0 bridgehead atoms. The van der Waals surface area contributed by atoms with E-state index in [0.717, 1.165) is 61.4 Å². The molecule has 7 rings (SSSR count). The number of fused-ring (bicyclic) bond motifs is 3. The zero-order valence-corrected chi connectivity index (χ0v) is 20.1. The summed E-state index contributed by atoms with van der Waals surface area (Å²) in [5.74, 6) is 0.724. The molecule has 3 heteroatoms. The first kappa shape index (κ1) is 21.3. The van der Waals surface area contributed by atoms with Crippen molar-refractivity contribution < 1.29 is 0 Å². The number of hydrogen-bond acceptors (Lipinski definition) is 2. The Bertz CT molecular complexity index is 1850. The third-order valence-electron chi connectivity index (χ3n) is 6.82. The molecule has 0 N–H and O–H groups in total. The van der Waals surface area contributed by atoms with Crippen LogP contribution in [0.2, 0.25) is 0 Å². The van der Waals surface area contributed by atoms with Gasteiger partial charge in [-0.15, -0.1) is 0 Å². The van der Waals surface area contributed by atoms with Crippen LogP contribution in [-0.2, 0) is 0 Å². The van der Waals surface area contributed by atoms with Crippen LogP contribution in [0.25, 0.3) is 61.4 Å². The molecule has 3 nitrogen and oxygen atoms in total. The molecule has 0 saturated carbocycles. The van der Waals surface area contributed by atoms with Crippen LogP contribution in [0.1, 0.15) is 0 Å². The van der Waals surface area contributed by atoms with Crippen LogP contribution < -0.4 is 0 Å². The molecular weight excluding hydrogens is 450 g/mol. The van der Waals surface area contributed by atoms with Crippen molar-refractivity contribution >= 4 is 21.9 Å². The minimum absolute atomic E-state index is 0.724. The van der Waals surface area contributed by atoms with Gasteiger partial charge in [-0.3, -0.25) is 0 Å². The second-order valence-electron chi connectivity index (χ2n) is 9.06. The summed E-state index contributed by atoms with van der Waals surface area (Å²) in [7, 11) is 0. The molecule has 5 aromatic carbocycles. The first-order valence-electron chi connectivity index (χ1n) is 12.5. The van der Waals surface area contributed by atoms with E-state index in [4.69, 9.17) is 9.97 Å². The normalized spacial score (nSPS) is 11.2. The van der Waals surface area contributed by atoms with Crippen LogP contribution in [0.4, 0.5) is 0 Å². The summed E-state index contributed by atoms with van der Waals surface area (Å²) in [6.45, 7) is 0. The molecule has 0 fully saturated rings. The molecule has 2 heterocycles. The molecule has 0 radical (unpaired) electrons. The third-order valence-corrected chi connectivity index (χ3v) is 6.82. The van der Waals surface area contributed by atoms with Crippen molar-refractivity contribution in [3.63, 3.8) is 0 Å². The maximum absolute atomic E-state index is 5.28. The van der Waals surface area contributed by atoms with Gasteiger partial charge in [0.25, 0.3) is 0 Å². The fourth-order valence-electron chi connectivity index (χ4n) is 5.15. The van der Waals surface area contributed by atoms with E-state index in [2.05, 4.69) is 120 Å². The van der Waals surface area contributed by atoms with Gasteiger partial charge in [-0.1, -0.05) is 121 Å². The summed E-state index contributed by atoms with van der Waals surface area (Å²) in [5.41, 5.74) is 9.47. The standard InChI is InChI=1S/C34H23N3/c1-4-14-24(15-5-1)27-20-10-11-21-28(27)31-33-32(36-34(35-31)25-16-6-2-7-17-25)29-22-12-13-23-30(29)37(33)26-18-8-3-9-19-26/h1-23H. The van der Waals surface area contributed by atoms with E-state index in [1.807, 2.05) is 24.3 Å². The number of rotatable bonds is 4. The van der Waals surface area contributed by atoms with Gasteiger partial charge in [0, 0.05) is 22.2 Å². The van der Waals surface area contributed by atoms with E-state index in [-0.39, 0.29) is 0 Å². The molecule has 37 heavy (non-hydrogen) atoms. The Morgan fingerprint density at radius 2 is 1.03 bits per heavy atom. The van der Waals surface area contributed by atoms with Crippen molar-refractivity contribution in [2.24, 2.45) is 0 Å². The van der Waals surface area contributed by atoms with E-state index in [1.165, 1.54) is 0 Å². The SMILES string of the molecule is c1ccc(-c2nc(-c3ccccc3-c3ccccc3)c3c(n2)c2ccccc2n3-c2ccccc2)cc1. The van der Waals surface area contributed by atoms with Crippen molar-refractivity contribution in [1.29, 1.82) is 0 Å². The first-order valence-corrected chi connectivity index (χ1v) is 12.5. The summed E-state index contributed by atoms with van der Waals surface area (Å²) >= 11 is 0. The minimum atomic E-state index is 0.724.